The van der Waals surface area contributed by atoms with Crippen LogP contribution in [0.15, 0.2) is 24.3 Å². The number of halogens is 1. The van der Waals surface area contributed by atoms with E-state index in [0.29, 0.717) is 11.3 Å². The molecule has 1 heterocycles. The van der Waals surface area contributed by atoms with Gasteiger partial charge in [-0.1, -0.05) is 12.1 Å². The van der Waals surface area contributed by atoms with Crippen LogP contribution in [-0.4, -0.2) is 15.7 Å². The van der Waals surface area contributed by atoms with E-state index >= 15 is 0 Å². The minimum absolute atomic E-state index is 0.188. The Bertz CT molecular complexity index is 728. The second kappa shape index (κ2) is 6.14. The maximum atomic E-state index is 13.3. The van der Waals surface area contributed by atoms with Crippen molar-refractivity contribution in [2.24, 2.45) is 0 Å². The van der Waals surface area contributed by atoms with Crippen molar-refractivity contribution in [3.63, 3.8) is 0 Å². The number of benzene rings is 1. The number of carbonyl (C=O) groups is 1. The van der Waals surface area contributed by atoms with Gasteiger partial charge in [-0.25, -0.2) is 4.39 Å². The Hall–Kier alpha value is -2.17. The van der Waals surface area contributed by atoms with Crippen molar-refractivity contribution >= 4 is 5.91 Å². The van der Waals surface area contributed by atoms with Crippen LogP contribution in [0, 0.1) is 19.7 Å². The third-order valence-corrected chi connectivity index (χ3v) is 3.85. The van der Waals surface area contributed by atoms with E-state index in [4.69, 9.17) is 0 Å². The molecule has 2 aromatic rings. The van der Waals surface area contributed by atoms with Gasteiger partial charge in [-0.3, -0.25) is 9.48 Å². The van der Waals surface area contributed by atoms with Crippen molar-refractivity contribution in [3.8, 4) is 0 Å². The van der Waals surface area contributed by atoms with Crippen LogP contribution < -0.4 is 5.32 Å². The van der Waals surface area contributed by atoms with Crippen molar-refractivity contribution in [2.45, 2.75) is 53.1 Å². The van der Waals surface area contributed by atoms with E-state index in [1.807, 2.05) is 46.2 Å². The van der Waals surface area contributed by atoms with Crippen LogP contribution in [0.25, 0.3) is 0 Å². The van der Waals surface area contributed by atoms with Crippen molar-refractivity contribution in [2.75, 3.05) is 0 Å². The summed E-state index contributed by atoms with van der Waals surface area (Å²) < 4.78 is 15.2. The van der Waals surface area contributed by atoms with E-state index in [2.05, 4.69) is 10.4 Å². The van der Waals surface area contributed by atoms with E-state index in [1.165, 1.54) is 12.1 Å². The number of rotatable bonds is 3. The zero-order valence-corrected chi connectivity index (χ0v) is 14.6. The summed E-state index contributed by atoms with van der Waals surface area (Å²) in [7, 11) is 0. The number of nitrogens with zero attached hydrogens (tertiary/aromatic N) is 2. The number of aryl methyl sites for hydroxylation is 1. The van der Waals surface area contributed by atoms with Crippen LogP contribution >= 0.6 is 0 Å². The van der Waals surface area contributed by atoms with Crippen LogP contribution in [-0.2, 0) is 5.54 Å². The number of nitrogens with one attached hydrogen (secondary N) is 1. The Labute approximate surface area is 136 Å². The molecule has 0 radical (unpaired) electrons. The zero-order valence-electron chi connectivity index (χ0n) is 14.6. The van der Waals surface area contributed by atoms with Gasteiger partial charge in [0.1, 0.15) is 5.82 Å². The largest absolute Gasteiger partial charge is 0.345 e. The lowest BCUT2D eigenvalue weighted by atomic mass is 10.1. The Morgan fingerprint density at radius 3 is 2.48 bits per heavy atom. The number of hydrogen-bond acceptors (Lipinski definition) is 2. The fourth-order valence-corrected chi connectivity index (χ4v) is 2.75. The van der Waals surface area contributed by atoms with Crippen molar-refractivity contribution in [1.82, 2.24) is 15.1 Å². The SMILES string of the molecule is Cc1nn(C(C)(C)C)c(C)c1C(=O)NC(C)c1cccc(F)c1. The summed E-state index contributed by atoms with van der Waals surface area (Å²) in [6.07, 6.45) is 0. The Kier molecular flexibility index (Phi) is 4.59. The summed E-state index contributed by atoms with van der Waals surface area (Å²) >= 11 is 0. The third-order valence-electron chi connectivity index (χ3n) is 3.85. The van der Waals surface area contributed by atoms with Gasteiger partial charge in [0.05, 0.1) is 22.8 Å². The molecule has 0 saturated carbocycles. The minimum atomic E-state index is -0.309. The minimum Gasteiger partial charge on any atom is -0.345 e. The molecule has 0 spiro atoms. The molecule has 1 aromatic heterocycles. The lowest BCUT2D eigenvalue weighted by Gasteiger charge is -2.21. The van der Waals surface area contributed by atoms with Crippen molar-refractivity contribution in [3.05, 3.63) is 52.6 Å². The normalized spacial score (nSPS) is 13.0. The summed E-state index contributed by atoms with van der Waals surface area (Å²) in [5, 5.41) is 7.42. The number of hydrogen-bond donors (Lipinski definition) is 1. The first-order valence-corrected chi connectivity index (χ1v) is 7.74. The molecule has 1 atom stereocenters. The predicted molar refractivity (Wildman–Crippen MR) is 89.0 cm³/mol. The quantitative estimate of drug-likeness (QED) is 0.933. The maximum absolute atomic E-state index is 13.3. The fraction of sp³-hybridized carbons (Fsp3) is 0.444. The van der Waals surface area contributed by atoms with E-state index in [-0.39, 0.29) is 23.3 Å². The maximum Gasteiger partial charge on any atom is 0.255 e. The molecule has 1 amide bonds. The van der Waals surface area contributed by atoms with Crippen molar-refractivity contribution in [1.29, 1.82) is 0 Å². The highest BCUT2D eigenvalue weighted by Gasteiger charge is 2.25. The first kappa shape index (κ1) is 17.2. The van der Waals surface area contributed by atoms with Gasteiger partial charge in [-0.05, 0) is 59.2 Å². The van der Waals surface area contributed by atoms with Crippen LogP contribution in [0.2, 0.25) is 0 Å². The van der Waals surface area contributed by atoms with Gasteiger partial charge in [0.2, 0.25) is 0 Å². The third kappa shape index (κ3) is 3.60. The fourth-order valence-electron chi connectivity index (χ4n) is 2.75. The molecular weight excluding hydrogens is 293 g/mol. The number of aromatic nitrogens is 2. The summed E-state index contributed by atoms with van der Waals surface area (Å²) in [6.45, 7) is 11.7. The van der Waals surface area contributed by atoms with Crippen LogP contribution in [0.5, 0.6) is 0 Å². The average Bonchev–Trinajstić information content (AvgIpc) is 2.73. The Balaban J connectivity index is 2.26. The summed E-state index contributed by atoms with van der Waals surface area (Å²) in [5.74, 6) is -0.497. The molecule has 0 aliphatic carbocycles. The van der Waals surface area contributed by atoms with Gasteiger partial charge >= 0.3 is 0 Å². The lowest BCUT2D eigenvalue weighted by Crippen LogP contribution is -2.28. The van der Waals surface area contributed by atoms with Gasteiger partial charge in [0.25, 0.3) is 5.91 Å². The number of amides is 1. The van der Waals surface area contributed by atoms with Crippen LogP contribution in [0.3, 0.4) is 0 Å². The van der Waals surface area contributed by atoms with E-state index in [0.717, 1.165) is 11.3 Å². The molecular formula is C18H24FN3O. The first-order valence-electron chi connectivity index (χ1n) is 7.74. The summed E-state index contributed by atoms with van der Waals surface area (Å²) in [4.78, 5) is 12.6. The molecule has 124 valence electrons. The molecule has 23 heavy (non-hydrogen) atoms. The Morgan fingerprint density at radius 1 is 1.30 bits per heavy atom. The van der Waals surface area contributed by atoms with E-state index in [9.17, 15) is 9.18 Å². The van der Waals surface area contributed by atoms with E-state index < -0.39 is 0 Å². The van der Waals surface area contributed by atoms with Crippen LogP contribution in [0.4, 0.5) is 4.39 Å². The highest BCUT2D eigenvalue weighted by Crippen LogP contribution is 2.22. The van der Waals surface area contributed by atoms with E-state index in [1.54, 1.807) is 12.1 Å². The molecule has 0 bridgehead atoms. The highest BCUT2D eigenvalue weighted by atomic mass is 19.1. The monoisotopic (exact) mass is 317 g/mol. The van der Waals surface area contributed by atoms with Gasteiger partial charge in [-0.15, -0.1) is 0 Å². The molecule has 0 aliphatic rings. The predicted octanol–water partition coefficient (Wildman–Crippen LogP) is 3.89. The zero-order chi connectivity index (χ0) is 17.4. The standard InChI is InChI=1S/C18H24FN3O/c1-11(14-8-7-9-15(19)10-14)20-17(23)16-12(2)21-22(13(16)3)18(4,5)6/h7-11H,1-6H3,(H,20,23). The van der Waals surface area contributed by atoms with Crippen LogP contribution in [0.1, 0.15) is 61.0 Å². The lowest BCUT2D eigenvalue weighted by molar-refractivity contribution is 0.0938. The summed E-state index contributed by atoms with van der Waals surface area (Å²) in [5.41, 5.74) is 2.65. The molecule has 1 unspecified atom stereocenters. The molecule has 0 fully saturated rings. The van der Waals surface area contributed by atoms with Gasteiger partial charge in [0.15, 0.2) is 0 Å². The topological polar surface area (TPSA) is 46.9 Å². The molecule has 0 aliphatic heterocycles. The molecule has 4 nitrogen and oxygen atoms in total. The van der Waals surface area contributed by atoms with Gasteiger partial charge < -0.3 is 5.32 Å². The first-order chi connectivity index (χ1) is 10.6. The molecule has 1 N–H and O–H groups in total. The highest BCUT2D eigenvalue weighted by molar-refractivity contribution is 5.96. The second-order valence-electron chi connectivity index (χ2n) is 6.88. The van der Waals surface area contributed by atoms with Gasteiger partial charge in [0, 0.05) is 5.69 Å². The van der Waals surface area contributed by atoms with Crippen molar-refractivity contribution < 1.29 is 9.18 Å². The molecule has 1 aromatic carbocycles. The molecule has 5 heteroatoms. The summed E-state index contributed by atoms with van der Waals surface area (Å²) in [6, 6.07) is 5.98. The second-order valence-corrected chi connectivity index (χ2v) is 6.88. The van der Waals surface area contributed by atoms with Gasteiger partial charge in [-0.2, -0.15) is 5.10 Å². The Morgan fingerprint density at radius 2 is 1.96 bits per heavy atom. The number of carbonyl (C=O) groups excluding carboxylic acids is 1. The molecule has 0 saturated heterocycles. The average molecular weight is 317 g/mol. The smallest absolute Gasteiger partial charge is 0.255 e. The molecule has 2 rings (SSSR count).